The van der Waals surface area contributed by atoms with Gasteiger partial charge in [-0.15, -0.1) is 11.3 Å². The van der Waals surface area contributed by atoms with Crippen molar-refractivity contribution in [3.8, 4) is 39.5 Å². The van der Waals surface area contributed by atoms with E-state index in [4.69, 9.17) is 19.6 Å². The Balaban J connectivity index is 1.51. The topological polar surface area (TPSA) is 87.3 Å². The van der Waals surface area contributed by atoms with Crippen molar-refractivity contribution in [1.82, 2.24) is 29.2 Å². The predicted molar refractivity (Wildman–Crippen MR) is 178 cm³/mol. The second kappa shape index (κ2) is 12.0. The van der Waals surface area contributed by atoms with Crippen LogP contribution in [0.5, 0.6) is 5.75 Å². The molecule has 6 aromatic rings. The number of ether oxygens (including phenoxy) is 2. The fraction of sp³-hybridized carbons (Fsp3) is 0.257. The number of thiophene rings is 1. The van der Waals surface area contributed by atoms with Crippen LogP contribution < -0.4 is 4.74 Å². The molecule has 0 spiro atoms. The molecule has 0 aliphatic carbocycles. The summed E-state index contributed by atoms with van der Waals surface area (Å²) in [5.74, 6) is -1.68. The number of methoxy groups -OCH3 is 1. The van der Waals surface area contributed by atoms with Gasteiger partial charge in [0.1, 0.15) is 35.4 Å². The van der Waals surface area contributed by atoms with Crippen LogP contribution in [0.4, 0.5) is 8.78 Å². The summed E-state index contributed by atoms with van der Waals surface area (Å²) in [6.45, 7) is 8.37. The first kappa shape index (κ1) is 30.7. The van der Waals surface area contributed by atoms with E-state index in [0.717, 1.165) is 38.4 Å². The van der Waals surface area contributed by atoms with E-state index in [9.17, 15) is 9.18 Å². The summed E-state index contributed by atoms with van der Waals surface area (Å²) >= 11 is 1.43. The van der Waals surface area contributed by atoms with E-state index in [1.165, 1.54) is 30.6 Å². The molecule has 1 amide bonds. The van der Waals surface area contributed by atoms with Crippen molar-refractivity contribution in [2.75, 3.05) is 20.3 Å². The van der Waals surface area contributed by atoms with E-state index in [2.05, 4.69) is 11.6 Å². The second-order valence-corrected chi connectivity index (χ2v) is 12.5. The van der Waals surface area contributed by atoms with Gasteiger partial charge in [-0.05, 0) is 49.6 Å². The minimum absolute atomic E-state index is 0.0358. The molecule has 0 N–H and O–H groups in total. The van der Waals surface area contributed by atoms with Crippen molar-refractivity contribution >= 4 is 38.4 Å². The van der Waals surface area contributed by atoms with E-state index >= 15 is 4.39 Å². The minimum atomic E-state index is -0.786. The number of carbonyl (C=O) groups excluding carboxylic acids is 1. The fourth-order valence-electron chi connectivity index (χ4n) is 6.49. The number of hydrogen-bond donors (Lipinski definition) is 0. The zero-order valence-corrected chi connectivity index (χ0v) is 27.1. The third-order valence-electron chi connectivity index (χ3n) is 8.66. The lowest BCUT2D eigenvalue weighted by molar-refractivity contribution is -0.131. The zero-order valence-electron chi connectivity index (χ0n) is 26.3. The number of benzene rings is 2. The maximum absolute atomic E-state index is 16.1. The van der Waals surface area contributed by atoms with Gasteiger partial charge in [-0.1, -0.05) is 12.6 Å². The largest absolute Gasteiger partial charge is 0.490 e. The summed E-state index contributed by atoms with van der Waals surface area (Å²) in [5, 5.41) is 7.70. The van der Waals surface area contributed by atoms with Crippen molar-refractivity contribution in [2.24, 2.45) is 7.05 Å². The summed E-state index contributed by atoms with van der Waals surface area (Å²) < 4.78 is 46.4. The smallest absolute Gasteiger partial charge is 0.246 e. The van der Waals surface area contributed by atoms with Crippen molar-refractivity contribution in [3.63, 3.8) is 0 Å². The Hall–Kier alpha value is -4.94. The first-order chi connectivity index (χ1) is 22.7. The summed E-state index contributed by atoms with van der Waals surface area (Å²) in [6, 6.07) is 11.4. The number of halogens is 2. The number of aromatic nitrogens is 5. The molecule has 2 aromatic carbocycles. The quantitative estimate of drug-likeness (QED) is 0.128. The first-order valence-corrected chi connectivity index (χ1v) is 16.0. The van der Waals surface area contributed by atoms with Gasteiger partial charge in [-0.3, -0.25) is 9.48 Å². The minimum Gasteiger partial charge on any atom is -0.490 e. The normalized spacial score (nSPS) is 16.2. The number of pyridine rings is 1. The Labute approximate surface area is 273 Å². The Bertz CT molecular complexity index is 2190. The standard InChI is InChI=1S/C35H32F2N6O3S/c1-6-30(44)43-19(2)17-42-28(20(43)3)16-26(40-42)34-32(31-24(37)14-22(36)15-29(31)46-11-10-45-5)35-23(9-12-47-35)33(39-34)21-7-8-27-25(13-21)38-18-41(27)4/h6-9,12-16,18-20H,1,10-11,17H2,2-5H3/t19-,20+/m0/s1. The number of carbonyl (C=O) groups is 1. The number of imidazole rings is 1. The van der Waals surface area contributed by atoms with Gasteiger partial charge in [-0.2, -0.15) is 5.10 Å². The second-order valence-electron chi connectivity index (χ2n) is 11.6. The molecule has 4 aromatic heterocycles. The molecule has 0 bridgehead atoms. The third-order valence-corrected chi connectivity index (χ3v) is 9.59. The number of hydrogen-bond acceptors (Lipinski definition) is 7. The molecule has 1 aliphatic rings. The molecule has 47 heavy (non-hydrogen) atoms. The molecule has 5 heterocycles. The highest BCUT2D eigenvalue weighted by Gasteiger charge is 2.34. The molecule has 7 rings (SSSR count). The van der Waals surface area contributed by atoms with Gasteiger partial charge < -0.3 is 18.9 Å². The van der Waals surface area contributed by atoms with Gasteiger partial charge in [0.25, 0.3) is 0 Å². The van der Waals surface area contributed by atoms with E-state index in [1.807, 2.05) is 65.9 Å². The molecule has 0 unspecified atom stereocenters. The molecule has 9 nitrogen and oxygen atoms in total. The SMILES string of the molecule is C=CC(=O)N1[C@H](C)c2cc(-c3nc(-c4ccc5c(c4)ncn5C)c4ccsc4c3-c3c(F)cc(F)cc3OCCOC)nn2C[C@@H]1C. The Morgan fingerprint density at radius 1 is 1.11 bits per heavy atom. The number of fused-ring (bicyclic) bond motifs is 3. The van der Waals surface area contributed by atoms with E-state index < -0.39 is 11.6 Å². The van der Waals surface area contributed by atoms with Crippen LogP contribution in [-0.2, 0) is 23.1 Å². The zero-order chi connectivity index (χ0) is 33.0. The molecule has 2 atom stereocenters. The lowest BCUT2D eigenvalue weighted by Gasteiger charge is -2.38. The number of rotatable bonds is 8. The van der Waals surface area contributed by atoms with E-state index in [1.54, 1.807) is 11.2 Å². The monoisotopic (exact) mass is 654 g/mol. The van der Waals surface area contributed by atoms with Crippen molar-refractivity contribution in [1.29, 1.82) is 0 Å². The maximum atomic E-state index is 16.1. The number of amides is 1. The maximum Gasteiger partial charge on any atom is 0.246 e. The molecule has 0 saturated heterocycles. The van der Waals surface area contributed by atoms with Crippen LogP contribution in [0.1, 0.15) is 25.6 Å². The summed E-state index contributed by atoms with van der Waals surface area (Å²) in [5.41, 5.74) is 5.52. The summed E-state index contributed by atoms with van der Waals surface area (Å²) in [7, 11) is 3.47. The average molecular weight is 655 g/mol. The highest BCUT2D eigenvalue weighted by atomic mass is 32.1. The average Bonchev–Trinajstić information content (AvgIpc) is 3.79. The van der Waals surface area contributed by atoms with Gasteiger partial charge >= 0.3 is 0 Å². The molecule has 0 saturated carbocycles. The van der Waals surface area contributed by atoms with Crippen LogP contribution in [0, 0.1) is 11.6 Å². The first-order valence-electron chi connectivity index (χ1n) is 15.2. The Morgan fingerprint density at radius 3 is 2.72 bits per heavy atom. The van der Waals surface area contributed by atoms with Gasteiger partial charge in [-0.25, -0.2) is 18.7 Å². The van der Waals surface area contributed by atoms with Crippen LogP contribution in [0.25, 0.3) is 54.9 Å². The van der Waals surface area contributed by atoms with Crippen LogP contribution in [0.3, 0.4) is 0 Å². The lowest BCUT2D eigenvalue weighted by Crippen LogP contribution is -2.46. The summed E-state index contributed by atoms with van der Waals surface area (Å²) in [6.07, 6.45) is 3.08. The molecular formula is C35H32F2N6O3S. The van der Waals surface area contributed by atoms with Crippen molar-refractivity contribution < 1.29 is 23.0 Å². The third kappa shape index (κ3) is 5.17. The summed E-state index contributed by atoms with van der Waals surface area (Å²) in [4.78, 5) is 24.3. The van der Waals surface area contributed by atoms with Crippen LogP contribution in [0.15, 0.2) is 66.8 Å². The fourth-order valence-corrected chi connectivity index (χ4v) is 7.44. The lowest BCUT2D eigenvalue weighted by atomic mass is 9.96. The number of aryl methyl sites for hydroxylation is 1. The van der Waals surface area contributed by atoms with Crippen LogP contribution >= 0.6 is 11.3 Å². The highest BCUT2D eigenvalue weighted by molar-refractivity contribution is 7.18. The van der Waals surface area contributed by atoms with Gasteiger partial charge in [0.05, 0.1) is 53.5 Å². The Morgan fingerprint density at radius 2 is 1.94 bits per heavy atom. The van der Waals surface area contributed by atoms with Gasteiger partial charge in [0, 0.05) is 53.5 Å². The molecule has 1 aliphatic heterocycles. The predicted octanol–water partition coefficient (Wildman–Crippen LogP) is 7.16. The van der Waals surface area contributed by atoms with Crippen molar-refractivity contribution in [3.05, 3.63) is 84.2 Å². The number of nitrogens with zero attached hydrogens (tertiary/aromatic N) is 6. The van der Waals surface area contributed by atoms with Crippen LogP contribution in [-0.4, -0.2) is 61.5 Å². The van der Waals surface area contributed by atoms with E-state index in [-0.39, 0.29) is 42.5 Å². The highest BCUT2D eigenvalue weighted by Crippen LogP contribution is 2.47. The van der Waals surface area contributed by atoms with Gasteiger partial charge in [0.2, 0.25) is 5.91 Å². The van der Waals surface area contributed by atoms with Gasteiger partial charge in [0.15, 0.2) is 0 Å². The Kier molecular flexibility index (Phi) is 7.85. The molecular weight excluding hydrogens is 622 g/mol. The van der Waals surface area contributed by atoms with Crippen LogP contribution in [0.2, 0.25) is 0 Å². The van der Waals surface area contributed by atoms with E-state index in [0.29, 0.717) is 29.2 Å². The molecule has 12 heteroatoms. The molecule has 240 valence electrons. The molecule has 0 radical (unpaired) electrons. The van der Waals surface area contributed by atoms with Crippen molar-refractivity contribution in [2.45, 2.75) is 32.5 Å². The molecule has 0 fully saturated rings.